The Hall–Kier alpha value is -3.07. The first-order valence-electron chi connectivity index (χ1n) is 9.14. The van der Waals surface area contributed by atoms with Crippen LogP contribution in [0.3, 0.4) is 0 Å². The first kappa shape index (κ1) is 19.3. The molecular formula is C20H21N5O3S. The largest absolute Gasteiger partial charge is 0.467 e. The molecule has 0 unspecified atom stereocenters. The van der Waals surface area contributed by atoms with Crippen LogP contribution in [0.5, 0.6) is 0 Å². The standard InChI is InChI=1S/C20H21N5O3S/c1-20(2,3)14-8-6-13(7-9-14)17-21-16(28-24-17)12-29-19-23-22-18(26)25(19)11-15-5-4-10-27-15/h4-10H,11-12H2,1-3H3,(H,22,26). The summed E-state index contributed by atoms with van der Waals surface area (Å²) in [6.07, 6.45) is 1.57. The van der Waals surface area contributed by atoms with Gasteiger partial charge >= 0.3 is 5.69 Å². The Morgan fingerprint density at radius 1 is 1.17 bits per heavy atom. The summed E-state index contributed by atoms with van der Waals surface area (Å²) in [7, 11) is 0. The fourth-order valence-electron chi connectivity index (χ4n) is 2.79. The fourth-order valence-corrected chi connectivity index (χ4v) is 3.57. The molecule has 0 spiro atoms. The minimum absolute atomic E-state index is 0.0899. The van der Waals surface area contributed by atoms with E-state index >= 15 is 0 Å². The number of hydrogen-bond donors (Lipinski definition) is 1. The monoisotopic (exact) mass is 411 g/mol. The lowest BCUT2D eigenvalue weighted by atomic mass is 9.87. The van der Waals surface area contributed by atoms with Gasteiger partial charge in [-0.2, -0.15) is 4.98 Å². The van der Waals surface area contributed by atoms with Crippen LogP contribution in [0.25, 0.3) is 11.4 Å². The average molecular weight is 411 g/mol. The van der Waals surface area contributed by atoms with Crippen molar-refractivity contribution in [3.8, 4) is 11.4 Å². The third-order valence-corrected chi connectivity index (χ3v) is 5.38. The van der Waals surface area contributed by atoms with Gasteiger partial charge in [0.25, 0.3) is 0 Å². The molecule has 0 saturated carbocycles. The second-order valence-electron chi connectivity index (χ2n) is 7.60. The Kier molecular flexibility index (Phi) is 5.14. The molecule has 0 atom stereocenters. The van der Waals surface area contributed by atoms with Crippen molar-refractivity contribution in [3.63, 3.8) is 0 Å². The van der Waals surface area contributed by atoms with Crippen LogP contribution in [0.15, 0.2) is 61.6 Å². The van der Waals surface area contributed by atoms with Crippen molar-refractivity contribution in [1.82, 2.24) is 24.9 Å². The molecule has 0 radical (unpaired) electrons. The van der Waals surface area contributed by atoms with Crippen molar-refractivity contribution in [2.45, 2.75) is 43.6 Å². The number of nitrogens with zero attached hydrogens (tertiary/aromatic N) is 4. The summed E-state index contributed by atoms with van der Waals surface area (Å²) in [5.41, 5.74) is 1.93. The van der Waals surface area contributed by atoms with Crippen molar-refractivity contribution in [1.29, 1.82) is 0 Å². The van der Waals surface area contributed by atoms with Gasteiger partial charge in [0.2, 0.25) is 11.7 Å². The van der Waals surface area contributed by atoms with Crippen molar-refractivity contribution in [2.75, 3.05) is 0 Å². The van der Waals surface area contributed by atoms with Gasteiger partial charge in [-0.05, 0) is 23.1 Å². The molecule has 0 amide bonds. The molecule has 3 heterocycles. The van der Waals surface area contributed by atoms with E-state index in [-0.39, 0.29) is 11.1 Å². The van der Waals surface area contributed by atoms with Crippen molar-refractivity contribution in [2.24, 2.45) is 0 Å². The van der Waals surface area contributed by atoms with E-state index in [0.29, 0.717) is 34.9 Å². The number of hydrogen-bond acceptors (Lipinski definition) is 7. The van der Waals surface area contributed by atoms with E-state index in [2.05, 4.69) is 53.2 Å². The highest BCUT2D eigenvalue weighted by molar-refractivity contribution is 7.98. The average Bonchev–Trinajstić information content (AvgIpc) is 3.43. The highest BCUT2D eigenvalue weighted by Crippen LogP contribution is 2.26. The summed E-state index contributed by atoms with van der Waals surface area (Å²) in [6.45, 7) is 6.82. The minimum Gasteiger partial charge on any atom is -0.467 e. The fraction of sp³-hybridized carbons (Fsp3) is 0.300. The molecule has 8 nitrogen and oxygen atoms in total. The van der Waals surface area contributed by atoms with Crippen LogP contribution in [0.4, 0.5) is 0 Å². The van der Waals surface area contributed by atoms with E-state index in [9.17, 15) is 4.79 Å². The zero-order chi connectivity index (χ0) is 20.4. The predicted molar refractivity (Wildman–Crippen MR) is 109 cm³/mol. The van der Waals surface area contributed by atoms with Gasteiger partial charge in [0.1, 0.15) is 5.76 Å². The summed E-state index contributed by atoms with van der Waals surface area (Å²) in [6, 6.07) is 11.7. The summed E-state index contributed by atoms with van der Waals surface area (Å²) >= 11 is 1.34. The van der Waals surface area contributed by atoms with Gasteiger partial charge < -0.3 is 8.94 Å². The summed E-state index contributed by atoms with van der Waals surface area (Å²) in [5.74, 6) is 2.07. The van der Waals surface area contributed by atoms with Crippen LogP contribution in [-0.4, -0.2) is 24.9 Å². The highest BCUT2D eigenvalue weighted by Gasteiger charge is 2.16. The van der Waals surface area contributed by atoms with E-state index in [4.69, 9.17) is 8.94 Å². The van der Waals surface area contributed by atoms with E-state index < -0.39 is 0 Å². The zero-order valence-corrected chi connectivity index (χ0v) is 17.2. The van der Waals surface area contributed by atoms with Gasteiger partial charge in [0.05, 0.1) is 18.6 Å². The molecule has 9 heteroatoms. The quantitative estimate of drug-likeness (QED) is 0.481. The second-order valence-corrected chi connectivity index (χ2v) is 8.55. The number of rotatable bonds is 6. The van der Waals surface area contributed by atoms with Crippen LogP contribution >= 0.6 is 11.8 Å². The maximum absolute atomic E-state index is 12.0. The Morgan fingerprint density at radius 3 is 2.66 bits per heavy atom. The number of nitrogens with one attached hydrogen (secondary N) is 1. The van der Waals surface area contributed by atoms with E-state index in [1.807, 2.05) is 18.2 Å². The molecular weight excluding hydrogens is 390 g/mol. The molecule has 3 aromatic heterocycles. The predicted octanol–water partition coefficient (Wildman–Crippen LogP) is 3.85. The zero-order valence-electron chi connectivity index (χ0n) is 16.4. The van der Waals surface area contributed by atoms with E-state index in [0.717, 1.165) is 5.56 Å². The van der Waals surface area contributed by atoms with Gasteiger partial charge in [0, 0.05) is 5.56 Å². The molecule has 0 fully saturated rings. The van der Waals surface area contributed by atoms with Crippen LogP contribution in [0.2, 0.25) is 0 Å². The van der Waals surface area contributed by atoms with E-state index in [1.165, 1.54) is 21.9 Å². The Bertz CT molecular complexity index is 1130. The number of H-pyrrole nitrogens is 1. The summed E-state index contributed by atoms with van der Waals surface area (Å²) < 4.78 is 12.2. The SMILES string of the molecule is CC(C)(C)c1ccc(-c2noc(CSc3n[nH]c(=O)n3Cc3ccco3)n2)cc1. The Morgan fingerprint density at radius 2 is 1.97 bits per heavy atom. The minimum atomic E-state index is -0.297. The molecule has 1 aromatic carbocycles. The van der Waals surface area contributed by atoms with Crippen molar-refractivity contribution >= 4 is 11.8 Å². The molecule has 0 aliphatic carbocycles. The maximum atomic E-state index is 12.0. The normalized spacial score (nSPS) is 11.8. The van der Waals surface area contributed by atoms with Gasteiger partial charge in [-0.15, -0.1) is 5.10 Å². The van der Waals surface area contributed by atoms with Crippen LogP contribution in [-0.2, 0) is 17.7 Å². The van der Waals surface area contributed by atoms with Gasteiger partial charge in [-0.25, -0.2) is 9.89 Å². The van der Waals surface area contributed by atoms with E-state index in [1.54, 1.807) is 12.3 Å². The number of aromatic nitrogens is 5. The topological polar surface area (TPSA) is 103 Å². The smallest absolute Gasteiger partial charge is 0.344 e. The number of furan rings is 1. The lowest BCUT2D eigenvalue weighted by Crippen LogP contribution is -2.18. The third-order valence-electron chi connectivity index (χ3n) is 4.42. The van der Waals surface area contributed by atoms with Crippen molar-refractivity contribution in [3.05, 3.63) is 70.4 Å². The number of aromatic amines is 1. The molecule has 0 aliphatic rings. The molecule has 29 heavy (non-hydrogen) atoms. The third kappa shape index (κ3) is 4.34. The molecule has 0 saturated heterocycles. The van der Waals surface area contributed by atoms with Crippen LogP contribution < -0.4 is 5.69 Å². The molecule has 150 valence electrons. The van der Waals surface area contributed by atoms with Crippen LogP contribution in [0.1, 0.15) is 38.0 Å². The van der Waals surface area contributed by atoms with Gasteiger partial charge in [-0.1, -0.05) is 62.0 Å². The first-order chi connectivity index (χ1) is 13.9. The van der Waals surface area contributed by atoms with Gasteiger partial charge in [0.15, 0.2) is 5.16 Å². The Balaban J connectivity index is 1.45. The maximum Gasteiger partial charge on any atom is 0.344 e. The molecule has 4 rings (SSSR count). The molecule has 0 bridgehead atoms. The number of thioether (sulfide) groups is 1. The number of benzene rings is 1. The molecule has 1 N–H and O–H groups in total. The molecule has 4 aromatic rings. The highest BCUT2D eigenvalue weighted by atomic mass is 32.2. The van der Waals surface area contributed by atoms with Crippen molar-refractivity contribution < 1.29 is 8.94 Å². The second kappa shape index (κ2) is 7.75. The molecule has 0 aliphatic heterocycles. The first-order valence-corrected chi connectivity index (χ1v) is 10.1. The summed E-state index contributed by atoms with van der Waals surface area (Å²) in [5, 5.41) is 11.1. The lowest BCUT2D eigenvalue weighted by Gasteiger charge is -2.18. The Labute approximate surface area is 171 Å². The van der Waals surface area contributed by atoms with Gasteiger partial charge in [-0.3, -0.25) is 4.57 Å². The van der Waals surface area contributed by atoms with Crippen LogP contribution in [0, 0.1) is 0 Å². The summed E-state index contributed by atoms with van der Waals surface area (Å²) in [4.78, 5) is 16.5. The lowest BCUT2D eigenvalue weighted by molar-refractivity contribution is 0.391.